The molecule has 0 spiro atoms. The molecule has 0 saturated carbocycles. The number of nitrogens with one attached hydrogen (secondary N) is 1. The van der Waals surface area contributed by atoms with Crippen molar-refractivity contribution in [2.75, 3.05) is 11.9 Å². The number of pyridine rings is 1. The molecule has 0 amide bonds. The van der Waals surface area contributed by atoms with Gasteiger partial charge in [0.25, 0.3) is 0 Å². The summed E-state index contributed by atoms with van der Waals surface area (Å²) in [4.78, 5) is 28.7. The van der Waals surface area contributed by atoms with Gasteiger partial charge in [0, 0.05) is 24.0 Å². The molecule has 2 N–H and O–H groups in total. The largest absolute Gasteiger partial charge is 0.478 e. The first-order valence-corrected chi connectivity index (χ1v) is 10.00. The number of anilines is 1. The van der Waals surface area contributed by atoms with Gasteiger partial charge >= 0.3 is 5.97 Å². The quantitative estimate of drug-likeness (QED) is 0.470. The highest BCUT2D eigenvalue weighted by Gasteiger charge is 2.13. The first kappa shape index (κ1) is 20.3. The number of carboxylic acid groups (broad SMARTS) is 1. The van der Waals surface area contributed by atoms with Crippen molar-refractivity contribution in [3.63, 3.8) is 0 Å². The summed E-state index contributed by atoms with van der Waals surface area (Å²) in [5.74, 6) is -0.555. The van der Waals surface area contributed by atoms with E-state index < -0.39 is 5.97 Å². The van der Waals surface area contributed by atoms with E-state index >= 15 is 0 Å². The molecule has 156 valence electrons. The molecule has 0 unspecified atom stereocenters. The van der Waals surface area contributed by atoms with Crippen LogP contribution < -0.4 is 10.7 Å². The first-order chi connectivity index (χ1) is 14.9. The Bertz CT molecular complexity index is 1340. The van der Waals surface area contributed by atoms with Crippen molar-refractivity contribution in [2.24, 2.45) is 0 Å². The maximum atomic E-state index is 12.8. The van der Waals surface area contributed by atoms with Crippen LogP contribution in [-0.2, 0) is 6.42 Å². The minimum atomic E-state index is -0.981. The van der Waals surface area contributed by atoms with E-state index in [1.165, 1.54) is 6.07 Å². The summed E-state index contributed by atoms with van der Waals surface area (Å²) < 4.78 is 6.15. The van der Waals surface area contributed by atoms with Gasteiger partial charge in [0.15, 0.2) is 11.2 Å². The highest BCUT2D eigenvalue weighted by molar-refractivity contribution is 5.94. The number of benzene rings is 2. The Hall–Kier alpha value is -3.93. The van der Waals surface area contributed by atoms with Crippen molar-refractivity contribution < 1.29 is 14.3 Å². The number of carbonyl (C=O) groups is 1. The Morgan fingerprint density at radius 1 is 1.06 bits per heavy atom. The fourth-order valence-electron chi connectivity index (χ4n) is 3.64. The molecule has 0 radical (unpaired) electrons. The standard InChI is InChI=1S/C25H22N2O4/c1-15-12-17(10-11-26-20-8-4-3-7-18(20)25(29)30)24-19(13-15)22(28)14-23(31-24)21-9-5-6-16(2)27-21/h3-9,12-14,26H,10-11H2,1-2H3,(H,29,30). The molecule has 31 heavy (non-hydrogen) atoms. The zero-order valence-electron chi connectivity index (χ0n) is 17.3. The van der Waals surface area contributed by atoms with Gasteiger partial charge in [-0.25, -0.2) is 9.78 Å². The average Bonchev–Trinajstić information content (AvgIpc) is 2.74. The average molecular weight is 414 g/mol. The number of nitrogens with zero attached hydrogens (tertiary/aromatic N) is 1. The number of fused-ring (bicyclic) bond motifs is 1. The minimum Gasteiger partial charge on any atom is -0.478 e. The summed E-state index contributed by atoms with van der Waals surface area (Å²) in [5.41, 5.74) is 4.47. The molecule has 0 bridgehead atoms. The molecule has 6 heteroatoms. The van der Waals surface area contributed by atoms with E-state index in [2.05, 4.69) is 10.3 Å². The lowest BCUT2D eigenvalue weighted by atomic mass is 10.0. The van der Waals surface area contributed by atoms with Crippen LogP contribution in [-0.4, -0.2) is 22.6 Å². The van der Waals surface area contributed by atoms with Gasteiger partial charge in [-0.1, -0.05) is 24.3 Å². The third-order valence-corrected chi connectivity index (χ3v) is 5.06. The molecule has 4 rings (SSSR count). The lowest BCUT2D eigenvalue weighted by Gasteiger charge is -2.12. The fraction of sp³-hybridized carbons (Fsp3) is 0.160. The maximum absolute atomic E-state index is 12.8. The lowest BCUT2D eigenvalue weighted by molar-refractivity contribution is 0.0698. The smallest absolute Gasteiger partial charge is 0.337 e. The molecular weight excluding hydrogens is 392 g/mol. The van der Waals surface area contributed by atoms with Gasteiger partial charge in [-0.3, -0.25) is 4.79 Å². The number of aryl methyl sites for hydroxylation is 2. The molecule has 0 aliphatic carbocycles. The number of para-hydroxylation sites is 1. The highest BCUT2D eigenvalue weighted by Crippen LogP contribution is 2.25. The number of hydrogen-bond donors (Lipinski definition) is 2. The third-order valence-electron chi connectivity index (χ3n) is 5.06. The molecule has 2 aromatic heterocycles. The van der Waals surface area contributed by atoms with E-state index in [4.69, 9.17) is 4.42 Å². The topological polar surface area (TPSA) is 92.4 Å². The monoisotopic (exact) mass is 414 g/mol. The number of aromatic nitrogens is 1. The Labute approximate surface area is 179 Å². The summed E-state index contributed by atoms with van der Waals surface area (Å²) >= 11 is 0. The van der Waals surface area contributed by atoms with Crippen LogP contribution in [0.4, 0.5) is 5.69 Å². The number of rotatable bonds is 6. The summed E-state index contributed by atoms with van der Waals surface area (Å²) in [5, 5.41) is 13.1. The van der Waals surface area contributed by atoms with Crippen molar-refractivity contribution in [1.29, 1.82) is 0 Å². The minimum absolute atomic E-state index is 0.117. The Kier molecular flexibility index (Phi) is 5.54. The second-order valence-corrected chi connectivity index (χ2v) is 7.47. The normalized spacial score (nSPS) is 10.9. The maximum Gasteiger partial charge on any atom is 0.337 e. The van der Waals surface area contributed by atoms with Crippen molar-refractivity contribution in [3.05, 3.63) is 93.3 Å². The van der Waals surface area contributed by atoms with Gasteiger partial charge in [0.1, 0.15) is 11.3 Å². The number of aromatic carboxylic acids is 1. The molecule has 0 saturated heterocycles. The van der Waals surface area contributed by atoms with Gasteiger partial charge in [-0.15, -0.1) is 0 Å². The van der Waals surface area contributed by atoms with Crippen LogP contribution in [0.3, 0.4) is 0 Å². The molecule has 0 atom stereocenters. The summed E-state index contributed by atoms with van der Waals surface area (Å²) in [6.07, 6.45) is 0.555. The van der Waals surface area contributed by atoms with E-state index in [0.717, 1.165) is 16.8 Å². The zero-order chi connectivity index (χ0) is 22.0. The van der Waals surface area contributed by atoms with Gasteiger partial charge < -0.3 is 14.8 Å². The Morgan fingerprint density at radius 2 is 1.87 bits per heavy atom. The van der Waals surface area contributed by atoms with Crippen LogP contribution in [0.15, 0.2) is 69.9 Å². The van der Waals surface area contributed by atoms with Crippen molar-refractivity contribution in [1.82, 2.24) is 4.98 Å². The van der Waals surface area contributed by atoms with Crippen LogP contribution in [0.2, 0.25) is 0 Å². The fourth-order valence-corrected chi connectivity index (χ4v) is 3.64. The van der Waals surface area contributed by atoms with E-state index in [0.29, 0.717) is 41.1 Å². The van der Waals surface area contributed by atoms with Gasteiger partial charge in [0.05, 0.1) is 10.9 Å². The molecule has 4 aromatic rings. The second kappa shape index (κ2) is 8.44. The van der Waals surface area contributed by atoms with Crippen LogP contribution in [0.5, 0.6) is 0 Å². The predicted octanol–water partition coefficient (Wildman–Crippen LogP) is 4.82. The third kappa shape index (κ3) is 4.33. The van der Waals surface area contributed by atoms with Gasteiger partial charge in [-0.05, 0) is 61.7 Å². The van der Waals surface area contributed by atoms with Crippen LogP contribution in [0.1, 0.15) is 27.2 Å². The molecule has 0 fully saturated rings. The predicted molar refractivity (Wildman–Crippen MR) is 121 cm³/mol. The summed E-state index contributed by atoms with van der Waals surface area (Å²) in [6, 6.07) is 17.7. The van der Waals surface area contributed by atoms with Crippen molar-refractivity contribution in [3.8, 4) is 11.5 Å². The van der Waals surface area contributed by atoms with Gasteiger partial charge in [-0.2, -0.15) is 0 Å². The van der Waals surface area contributed by atoms with E-state index in [1.54, 1.807) is 24.3 Å². The van der Waals surface area contributed by atoms with Crippen molar-refractivity contribution in [2.45, 2.75) is 20.3 Å². The van der Waals surface area contributed by atoms with Crippen LogP contribution in [0, 0.1) is 13.8 Å². The van der Waals surface area contributed by atoms with Crippen LogP contribution in [0.25, 0.3) is 22.4 Å². The Morgan fingerprint density at radius 3 is 2.65 bits per heavy atom. The summed E-state index contributed by atoms with van der Waals surface area (Å²) in [6.45, 7) is 4.31. The Balaban J connectivity index is 1.69. The first-order valence-electron chi connectivity index (χ1n) is 10.00. The van der Waals surface area contributed by atoms with Crippen molar-refractivity contribution >= 4 is 22.6 Å². The molecule has 2 heterocycles. The molecule has 2 aromatic carbocycles. The number of hydrogen-bond acceptors (Lipinski definition) is 5. The van der Waals surface area contributed by atoms with E-state index in [1.807, 2.05) is 44.2 Å². The van der Waals surface area contributed by atoms with E-state index in [-0.39, 0.29) is 11.0 Å². The molecule has 0 aliphatic heterocycles. The summed E-state index contributed by atoms with van der Waals surface area (Å²) in [7, 11) is 0. The SMILES string of the molecule is Cc1cc(CCNc2ccccc2C(=O)O)c2oc(-c3cccc(C)n3)cc(=O)c2c1. The molecule has 0 aliphatic rings. The van der Waals surface area contributed by atoms with Gasteiger partial charge in [0.2, 0.25) is 0 Å². The second-order valence-electron chi connectivity index (χ2n) is 7.47. The molecule has 6 nitrogen and oxygen atoms in total. The molecular formula is C25H22N2O4. The van der Waals surface area contributed by atoms with Crippen LogP contribution >= 0.6 is 0 Å². The lowest BCUT2D eigenvalue weighted by Crippen LogP contribution is -2.10. The number of carboxylic acids is 1. The zero-order valence-corrected chi connectivity index (χ0v) is 17.3. The highest BCUT2D eigenvalue weighted by atomic mass is 16.4. The van der Waals surface area contributed by atoms with E-state index in [9.17, 15) is 14.7 Å².